The highest BCUT2D eigenvalue weighted by Gasteiger charge is 2.37. The summed E-state index contributed by atoms with van der Waals surface area (Å²) in [5, 5.41) is 0. The number of imidazole rings is 1. The number of unbranched alkanes of at least 4 members (excludes halogenated alkanes) is 1. The summed E-state index contributed by atoms with van der Waals surface area (Å²) in [7, 11) is 1.57. The van der Waals surface area contributed by atoms with Gasteiger partial charge in [-0.3, -0.25) is 4.79 Å². The lowest BCUT2D eigenvalue weighted by molar-refractivity contribution is -0.144. The predicted molar refractivity (Wildman–Crippen MR) is 80.9 cm³/mol. The maximum Gasteiger partial charge on any atom is 0.449 e. The van der Waals surface area contributed by atoms with E-state index in [1.807, 2.05) is 6.92 Å². The van der Waals surface area contributed by atoms with Gasteiger partial charge in [-0.15, -0.1) is 0 Å². The van der Waals surface area contributed by atoms with Gasteiger partial charge >= 0.3 is 6.18 Å². The van der Waals surface area contributed by atoms with Gasteiger partial charge in [-0.2, -0.15) is 13.2 Å². The molecule has 0 aliphatic rings. The van der Waals surface area contributed by atoms with Crippen LogP contribution in [0.15, 0.2) is 30.3 Å². The second-order valence-electron chi connectivity index (χ2n) is 5.25. The Kier molecular flexibility index (Phi) is 5.08. The molecule has 1 amide bonds. The van der Waals surface area contributed by atoms with Crippen molar-refractivity contribution in [3.05, 3.63) is 41.9 Å². The van der Waals surface area contributed by atoms with E-state index in [2.05, 4.69) is 9.97 Å². The Morgan fingerprint density at radius 3 is 2.48 bits per heavy atom. The molecule has 0 aliphatic carbocycles. The summed E-state index contributed by atoms with van der Waals surface area (Å²) in [6, 6.07) is 8.37. The first-order valence-electron chi connectivity index (χ1n) is 7.32. The number of hydrogen-bond donors (Lipinski definition) is 1. The lowest BCUT2D eigenvalue weighted by atomic mass is 10.1. The topological polar surface area (TPSA) is 49.0 Å². The van der Waals surface area contributed by atoms with Crippen molar-refractivity contribution in [1.82, 2.24) is 14.9 Å². The second-order valence-corrected chi connectivity index (χ2v) is 5.25. The monoisotopic (exact) mass is 325 g/mol. The molecule has 2 rings (SSSR count). The number of aromatic amines is 1. The number of hydrogen-bond acceptors (Lipinski definition) is 2. The molecular formula is C16H18F3N3O. The zero-order chi connectivity index (χ0) is 17.0. The smallest absolute Gasteiger partial charge is 0.340 e. The molecule has 0 radical (unpaired) electrons. The Balaban J connectivity index is 2.45. The van der Waals surface area contributed by atoms with Crippen molar-refractivity contribution >= 4 is 5.91 Å². The number of alkyl halides is 3. The van der Waals surface area contributed by atoms with Crippen LogP contribution in [0.25, 0.3) is 11.3 Å². The van der Waals surface area contributed by atoms with Crippen LogP contribution in [0, 0.1) is 0 Å². The number of carbonyl (C=O) groups is 1. The molecule has 4 nitrogen and oxygen atoms in total. The number of carbonyl (C=O) groups excluding carboxylic acids is 1. The van der Waals surface area contributed by atoms with Gasteiger partial charge in [0.05, 0.1) is 0 Å². The Bertz CT molecular complexity index is 665. The Labute approximate surface area is 132 Å². The van der Waals surface area contributed by atoms with E-state index >= 15 is 0 Å². The van der Waals surface area contributed by atoms with Gasteiger partial charge in [0.15, 0.2) is 0 Å². The summed E-state index contributed by atoms with van der Waals surface area (Å²) in [5.74, 6) is -1.66. The standard InChI is InChI=1S/C16H18F3N3O/c1-3-4-10-22(2)14(23)13-12(11-8-6-5-7-9-11)20-15(21-13)16(17,18)19/h5-9H,3-4,10H2,1-2H3,(H,20,21). The van der Waals surface area contributed by atoms with Gasteiger partial charge in [-0.1, -0.05) is 43.7 Å². The van der Waals surface area contributed by atoms with Crippen molar-refractivity contribution < 1.29 is 18.0 Å². The summed E-state index contributed by atoms with van der Waals surface area (Å²) >= 11 is 0. The molecule has 124 valence electrons. The minimum absolute atomic E-state index is 0.0197. The van der Waals surface area contributed by atoms with Gasteiger partial charge in [0, 0.05) is 19.2 Å². The van der Waals surface area contributed by atoms with Crippen molar-refractivity contribution in [1.29, 1.82) is 0 Å². The lowest BCUT2D eigenvalue weighted by Gasteiger charge is -2.16. The number of amides is 1. The molecule has 0 saturated heterocycles. The van der Waals surface area contributed by atoms with Gasteiger partial charge < -0.3 is 9.88 Å². The number of halogens is 3. The zero-order valence-electron chi connectivity index (χ0n) is 12.9. The maximum absolute atomic E-state index is 12.9. The average molecular weight is 325 g/mol. The lowest BCUT2D eigenvalue weighted by Crippen LogP contribution is -2.28. The fourth-order valence-corrected chi connectivity index (χ4v) is 2.15. The van der Waals surface area contributed by atoms with E-state index in [1.54, 1.807) is 37.4 Å². The third-order valence-electron chi connectivity index (χ3n) is 3.43. The normalized spacial score (nSPS) is 11.5. The number of H-pyrrole nitrogens is 1. The maximum atomic E-state index is 12.9. The van der Waals surface area contributed by atoms with E-state index in [0.29, 0.717) is 12.1 Å². The van der Waals surface area contributed by atoms with Crippen LogP contribution in [-0.2, 0) is 6.18 Å². The van der Waals surface area contributed by atoms with Crippen molar-refractivity contribution in [3.8, 4) is 11.3 Å². The third kappa shape index (κ3) is 3.91. The fraction of sp³-hybridized carbons (Fsp3) is 0.375. The van der Waals surface area contributed by atoms with Crippen molar-refractivity contribution in [2.24, 2.45) is 0 Å². The van der Waals surface area contributed by atoms with Crippen LogP contribution in [0.4, 0.5) is 13.2 Å². The highest BCUT2D eigenvalue weighted by molar-refractivity contribution is 5.98. The molecule has 0 saturated carbocycles. The average Bonchev–Trinajstić information content (AvgIpc) is 2.98. The molecule has 0 spiro atoms. The molecule has 0 atom stereocenters. The largest absolute Gasteiger partial charge is 0.449 e. The quantitative estimate of drug-likeness (QED) is 0.904. The molecular weight excluding hydrogens is 307 g/mol. The van der Waals surface area contributed by atoms with E-state index in [1.165, 1.54) is 4.90 Å². The van der Waals surface area contributed by atoms with Crippen molar-refractivity contribution in [2.75, 3.05) is 13.6 Å². The van der Waals surface area contributed by atoms with Crippen LogP contribution in [0.1, 0.15) is 36.1 Å². The van der Waals surface area contributed by atoms with Gasteiger partial charge in [0.1, 0.15) is 11.4 Å². The number of rotatable bonds is 5. The SMILES string of the molecule is CCCCN(C)C(=O)c1[nH]c(C(F)(F)F)nc1-c1ccccc1. The molecule has 23 heavy (non-hydrogen) atoms. The summed E-state index contributed by atoms with van der Waals surface area (Å²) in [6.07, 6.45) is -2.97. The molecule has 1 aromatic carbocycles. The molecule has 1 N–H and O–H groups in total. The second kappa shape index (κ2) is 6.85. The zero-order valence-corrected chi connectivity index (χ0v) is 12.9. The van der Waals surface area contributed by atoms with Gasteiger partial charge in [-0.25, -0.2) is 4.98 Å². The molecule has 0 unspecified atom stereocenters. The molecule has 0 fully saturated rings. The Hall–Kier alpha value is -2.31. The van der Waals surface area contributed by atoms with E-state index in [-0.39, 0.29) is 11.4 Å². The molecule has 1 aromatic heterocycles. The summed E-state index contributed by atoms with van der Waals surface area (Å²) in [5.41, 5.74) is 0.347. The Morgan fingerprint density at radius 2 is 1.91 bits per heavy atom. The number of benzene rings is 1. The first-order chi connectivity index (χ1) is 10.8. The molecule has 0 aliphatic heterocycles. The fourth-order valence-electron chi connectivity index (χ4n) is 2.15. The summed E-state index contributed by atoms with van der Waals surface area (Å²) in [4.78, 5) is 19.6. The third-order valence-corrected chi connectivity index (χ3v) is 3.43. The van der Waals surface area contributed by atoms with Crippen LogP contribution < -0.4 is 0 Å². The molecule has 7 heteroatoms. The van der Waals surface area contributed by atoms with Crippen LogP contribution in [0.5, 0.6) is 0 Å². The van der Waals surface area contributed by atoms with E-state index in [0.717, 1.165) is 12.8 Å². The first kappa shape index (κ1) is 17.1. The van der Waals surface area contributed by atoms with Crippen LogP contribution in [0.2, 0.25) is 0 Å². The predicted octanol–water partition coefficient (Wildman–Crippen LogP) is 3.97. The van der Waals surface area contributed by atoms with E-state index < -0.39 is 17.9 Å². The van der Waals surface area contributed by atoms with Crippen molar-refractivity contribution in [2.45, 2.75) is 25.9 Å². The number of nitrogens with one attached hydrogen (secondary N) is 1. The minimum Gasteiger partial charge on any atom is -0.340 e. The molecule has 0 bridgehead atoms. The van der Waals surface area contributed by atoms with Crippen LogP contribution in [0.3, 0.4) is 0 Å². The molecule has 2 aromatic rings. The van der Waals surface area contributed by atoms with Crippen LogP contribution >= 0.6 is 0 Å². The van der Waals surface area contributed by atoms with Gasteiger partial charge in [0.25, 0.3) is 5.91 Å². The number of nitrogens with zero attached hydrogens (tertiary/aromatic N) is 2. The highest BCUT2D eigenvalue weighted by Crippen LogP contribution is 2.31. The number of aromatic nitrogens is 2. The van der Waals surface area contributed by atoms with Crippen molar-refractivity contribution in [3.63, 3.8) is 0 Å². The summed E-state index contributed by atoms with van der Waals surface area (Å²) < 4.78 is 38.8. The Morgan fingerprint density at radius 1 is 1.26 bits per heavy atom. The summed E-state index contributed by atoms with van der Waals surface area (Å²) in [6.45, 7) is 2.45. The minimum atomic E-state index is -4.63. The first-order valence-corrected chi connectivity index (χ1v) is 7.32. The molecule has 1 heterocycles. The van der Waals surface area contributed by atoms with Crippen LogP contribution in [-0.4, -0.2) is 34.4 Å². The van der Waals surface area contributed by atoms with Gasteiger partial charge in [-0.05, 0) is 6.42 Å². The van der Waals surface area contributed by atoms with E-state index in [4.69, 9.17) is 0 Å². The highest BCUT2D eigenvalue weighted by atomic mass is 19.4. The van der Waals surface area contributed by atoms with Gasteiger partial charge in [0.2, 0.25) is 5.82 Å². The van der Waals surface area contributed by atoms with E-state index in [9.17, 15) is 18.0 Å².